The van der Waals surface area contributed by atoms with Crippen LogP contribution in [0.25, 0.3) is 0 Å². The summed E-state index contributed by atoms with van der Waals surface area (Å²) in [6.45, 7) is 0.661. The van der Waals surface area contributed by atoms with E-state index in [1.165, 1.54) is 0 Å². The van der Waals surface area contributed by atoms with Gasteiger partial charge in [0, 0.05) is 23.5 Å². The molecule has 2 aromatic rings. The van der Waals surface area contributed by atoms with Gasteiger partial charge >= 0.3 is 0 Å². The van der Waals surface area contributed by atoms with Gasteiger partial charge < -0.3 is 4.90 Å². The smallest absolute Gasteiger partial charge is 0.276 e. The molecule has 0 N–H and O–H groups in total. The molecule has 2 heterocycles. The number of rotatable bonds is 1. The molecule has 0 unspecified atom stereocenters. The molecule has 1 amide bonds. The van der Waals surface area contributed by atoms with Gasteiger partial charge in [-0.2, -0.15) is 0 Å². The molecule has 1 aliphatic rings. The van der Waals surface area contributed by atoms with Gasteiger partial charge in [0.2, 0.25) is 0 Å². The van der Waals surface area contributed by atoms with Crippen molar-refractivity contribution < 1.29 is 4.79 Å². The second-order valence-electron chi connectivity index (χ2n) is 4.16. The van der Waals surface area contributed by atoms with Crippen molar-refractivity contribution >= 4 is 23.2 Å². The number of fused-ring (bicyclic) bond motifs is 1. The molecular formula is C14H11ClN2O. The highest BCUT2D eigenvalue weighted by molar-refractivity contribution is 6.32. The zero-order chi connectivity index (χ0) is 12.5. The summed E-state index contributed by atoms with van der Waals surface area (Å²) in [5.41, 5.74) is 2.41. The summed E-state index contributed by atoms with van der Waals surface area (Å²) >= 11 is 6.13. The summed E-state index contributed by atoms with van der Waals surface area (Å²) < 4.78 is 0. The summed E-state index contributed by atoms with van der Waals surface area (Å²) in [6, 6.07) is 11.0. The van der Waals surface area contributed by atoms with Gasteiger partial charge in [0.1, 0.15) is 5.69 Å². The molecule has 0 radical (unpaired) electrons. The van der Waals surface area contributed by atoms with E-state index in [0.717, 1.165) is 22.7 Å². The second kappa shape index (κ2) is 4.42. The number of benzene rings is 1. The van der Waals surface area contributed by atoms with Gasteiger partial charge in [0.25, 0.3) is 5.91 Å². The van der Waals surface area contributed by atoms with Crippen LogP contribution in [0.4, 0.5) is 5.69 Å². The van der Waals surface area contributed by atoms with Crippen LogP contribution in [0, 0.1) is 0 Å². The summed E-state index contributed by atoms with van der Waals surface area (Å²) in [5.74, 6) is -0.0726. The molecule has 1 aromatic carbocycles. The molecule has 90 valence electrons. The minimum Gasteiger partial charge on any atom is -0.306 e. The van der Waals surface area contributed by atoms with E-state index >= 15 is 0 Å². The van der Waals surface area contributed by atoms with Gasteiger partial charge in [-0.25, -0.2) is 0 Å². The number of pyridine rings is 1. The summed E-state index contributed by atoms with van der Waals surface area (Å²) in [4.78, 5) is 18.2. The lowest BCUT2D eigenvalue weighted by molar-refractivity contribution is 0.0984. The Morgan fingerprint density at radius 3 is 2.89 bits per heavy atom. The van der Waals surface area contributed by atoms with Crippen LogP contribution in [-0.4, -0.2) is 17.4 Å². The predicted molar refractivity (Wildman–Crippen MR) is 71.1 cm³/mol. The molecule has 0 spiro atoms. The number of hydrogen-bond acceptors (Lipinski definition) is 2. The minimum atomic E-state index is -0.0726. The maximum atomic E-state index is 12.3. The number of anilines is 1. The molecule has 0 fully saturated rings. The Hall–Kier alpha value is -1.87. The Kier molecular flexibility index (Phi) is 2.76. The van der Waals surface area contributed by atoms with Crippen molar-refractivity contribution in [3.63, 3.8) is 0 Å². The first-order chi connectivity index (χ1) is 8.77. The van der Waals surface area contributed by atoms with Gasteiger partial charge in [-0.15, -0.1) is 0 Å². The van der Waals surface area contributed by atoms with Crippen LogP contribution in [0.2, 0.25) is 5.02 Å². The Bertz CT molecular complexity index is 598. The van der Waals surface area contributed by atoms with Crippen molar-refractivity contribution in [2.75, 3.05) is 11.4 Å². The lowest BCUT2D eigenvalue weighted by atomic mass is 10.2. The molecule has 0 saturated carbocycles. The van der Waals surface area contributed by atoms with E-state index in [1.807, 2.05) is 24.3 Å². The number of carbonyl (C=O) groups excluding carboxylic acids is 1. The van der Waals surface area contributed by atoms with E-state index in [0.29, 0.717) is 12.2 Å². The predicted octanol–water partition coefficient (Wildman–Crippen LogP) is 2.94. The summed E-state index contributed by atoms with van der Waals surface area (Å²) in [5, 5.41) is 0.726. The first-order valence-corrected chi connectivity index (χ1v) is 6.15. The van der Waals surface area contributed by atoms with E-state index in [2.05, 4.69) is 4.98 Å². The molecule has 0 aliphatic carbocycles. The van der Waals surface area contributed by atoms with Gasteiger partial charge in [0.05, 0.1) is 0 Å². The van der Waals surface area contributed by atoms with Crippen LogP contribution in [0.1, 0.15) is 16.1 Å². The van der Waals surface area contributed by atoms with E-state index in [9.17, 15) is 4.79 Å². The van der Waals surface area contributed by atoms with Crippen LogP contribution in [0.15, 0.2) is 42.6 Å². The largest absolute Gasteiger partial charge is 0.306 e. The Morgan fingerprint density at radius 2 is 2.11 bits per heavy atom. The van der Waals surface area contributed by atoms with Crippen LogP contribution in [0.3, 0.4) is 0 Å². The quantitative estimate of drug-likeness (QED) is 0.788. The highest BCUT2D eigenvalue weighted by Gasteiger charge is 2.27. The molecule has 18 heavy (non-hydrogen) atoms. The van der Waals surface area contributed by atoms with E-state index in [1.54, 1.807) is 23.2 Å². The number of halogens is 1. The molecule has 3 rings (SSSR count). The van der Waals surface area contributed by atoms with Crippen LogP contribution in [-0.2, 0) is 6.42 Å². The van der Waals surface area contributed by atoms with Crippen molar-refractivity contribution in [2.24, 2.45) is 0 Å². The number of carbonyl (C=O) groups is 1. The van der Waals surface area contributed by atoms with Gasteiger partial charge in [-0.3, -0.25) is 9.78 Å². The van der Waals surface area contributed by atoms with Crippen molar-refractivity contribution in [2.45, 2.75) is 6.42 Å². The van der Waals surface area contributed by atoms with Crippen molar-refractivity contribution in [3.05, 3.63) is 58.9 Å². The van der Waals surface area contributed by atoms with Crippen LogP contribution >= 0.6 is 11.6 Å². The molecule has 0 atom stereocenters. The standard InChI is InChI=1S/C14H11ClN2O/c15-11-4-3-6-13-10(11)7-9-17(13)14(18)12-5-1-2-8-16-12/h1-6,8H,7,9H2. The fourth-order valence-electron chi connectivity index (χ4n) is 2.23. The van der Waals surface area contributed by atoms with E-state index < -0.39 is 0 Å². The SMILES string of the molecule is O=C(c1ccccn1)N1CCc2c(Cl)cccc21. The molecule has 1 aliphatic heterocycles. The number of nitrogens with zero attached hydrogens (tertiary/aromatic N) is 2. The highest BCUT2D eigenvalue weighted by atomic mass is 35.5. The molecule has 0 bridgehead atoms. The van der Waals surface area contributed by atoms with Crippen molar-refractivity contribution in [1.82, 2.24) is 4.98 Å². The summed E-state index contributed by atoms with van der Waals surface area (Å²) in [7, 11) is 0. The summed E-state index contributed by atoms with van der Waals surface area (Å²) in [6.07, 6.45) is 2.43. The third kappa shape index (κ3) is 1.77. The monoisotopic (exact) mass is 258 g/mol. The zero-order valence-electron chi connectivity index (χ0n) is 9.64. The average Bonchev–Trinajstić information content (AvgIpc) is 2.84. The Morgan fingerprint density at radius 1 is 1.22 bits per heavy atom. The van der Waals surface area contributed by atoms with E-state index in [-0.39, 0.29) is 5.91 Å². The topological polar surface area (TPSA) is 33.2 Å². The lowest BCUT2D eigenvalue weighted by Gasteiger charge is -2.16. The number of amides is 1. The fraction of sp³-hybridized carbons (Fsp3) is 0.143. The minimum absolute atomic E-state index is 0.0726. The van der Waals surface area contributed by atoms with Gasteiger partial charge in [0.15, 0.2) is 0 Å². The maximum absolute atomic E-state index is 12.3. The van der Waals surface area contributed by atoms with Gasteiger partial charge in [-0.1, -0.05) is 23.7 Å². The third-order valence-corrected chi connectivity index (χ3v) is 3.45. The Labute approximate surface area is 110 Å². The molecule has 4 heteroatoms. The fourth-order valence-corrected chi connectivity index (χ4v) is 2.49. The molecule has 3 nitrogen and oxygen atoms in total. The maximum Gasteiger partial charge on any atom is 0.276 e. The number of aromatic nitrogens is 1. The van der Waals surface area contributed by atoms with Crippen LogP contribution in [0.5, 0.6) is 0 Å². The highest BCUT2D eigenvalue weighted by Crippen LogP contribution is 2.33. The first-order valence-electron chi connectivity index (χ1n) is 5.77. The molecule has 0 saturated heterocycles. The number of hydrogen-bond donors (Lipinski definition) is 0. The third-order valence-electron chi connectivity index (χ3n) is 3.10. The van der Waals surface area contributed by atoms with Gasteiger partial charge in [-0.05, 0) is 36.2 Å². The normalized spacial score (nSPS) is 13.5. The molecule has 1 aromatic heterocycles. The lowest BCUT2D eigenvalue weighted by Crippen LogP contribution is -2.29. The second-order valence-corrected chi connectivity index (χ2v) is 4.57. The molecular weight excluding hydrogens is 248 g/mol. The average molecular weight is 259 g/mol. The van der Waals surface area contributed by atoms with Crippen molar-refractivity contribution in [3.8, 4) is 0 Å². The first kappa shape index (κ1) is 11.2. The Balaban J connectivity index is 1.98. The van der Waals surface area contributed by atoms with Crippen LogP contribution < -0.4 is 4.90 Å². The van der Waals surface area contributed by atoms with Crippen molar-refractivity contribution in [1.29, 1.82) is 0 Å². The van der Waals surface area contributed by atoms with E-state index in [4.69, 9.17) is 11.6 Å². The zero-order valence-corrected chi connectivity index (χ0v) is 10.4.